The Morgan fingerprint density at radius 1 is 0.767 bits per heavy atom. The molecule has 0 aliphatic heterocycles. The summed E-state index contributed by atoms with van der Waals surface area (Å²) in [5, 5.41) is 0. The van der Waals surface area contributed by atoms with Crippen LogP contribution >= 0.6 is 15.9 Å². The summed E-state index contributed by atoms with van der Waals surface area (Å²) in [4.78, 5) is 24.7. The van der Waals surface area contributed by atoms with Gasteiger partial charge in [-0.15, -0.1) is 0 Å². The Balaban J connectivity index is 1.68. The number of carbonyl (C=O) groups excluding carboxylic acids is 2. The van der Waals surface area contributed by atoms with E-state index in [0.717, 1.165) is 5.75 Å². The summed E-state index contributed by atoms with van der Waals surface area (Å²) in [6, 6.07) is 20.8. The Kier molecular flexibility index (Phi) is 7.45. The van der Waals surface area contributed by atoms with Crippen LogP contribution in [0, 0.1) is 0 Å². The molecule has 0 amide bonds. The molecule has 0 aliphatic rings. The van der Waals surface area contributed by atoms with Crippen molar-refractivity contribution in [1.29, 1.82) is 0 Å². The van der Waals surface area contributed by atoms with Crippen LogP contribution in [0.2, 0.25) is 0 Å². The first-order chi connectivity index (χ1) is 14.6. The highest BCUT2D eigenvalue weighted by atomic mass is 79.9. The third-order valence-electron chi connectivity index (χ3n) is 4.01. The average molecular weight is 471 g/mol. The molecule has 30 heavy (non-hydrogen) atoms. The van der Waals surface area contributed by atoms with E-state index in [1.54, 1.807) is 30.3 Å². The molecule has 0 fully saturated rings. The standard InChI is InChI=1S/C23H19BrO6/c1-27-22(25)19-15-16(24)11-12-21(19)30-23(26)18-9-5-6-10-20(18)29-14-13-28-17-7-3-2-4-8-17/h2-12,15H,13-14H2,1H3. The molecule has 0 aliphatic carbocycles. The van der Waals surface area contributed by atoms with Crippen LogP contribution in [0.15, 0.2) is 77.3 Å². The maximum Gasteiger partial charge on any atom is 0.347 e. The van der Waals surface area contributed by atoms with Crippen molar-refractivity contribution in [2.45, 2.75) is 0 Å². The van der Waals surface area contributed by atoms with E-state index in [1.165, 1.54) is 19.2 Å². The van der Waals surface area contributed by atoms with Gasteiger partial charge in [0.25, 0.3) is 0 Å². The van der Waals surface area contributed by atoms with Gasteiger partial charge in [0.1, 0.15) is 41.6 Å². The van der Waals surface area contributed by atoms with Crippen molar-refractivity contribution in [2.24, 2.45) is 0 Å². The van der Waals surface area contributed by atoms with E-state index < -0.39 is 11.9 Å². The smallest absolute Gasteiger partial charge is 0.347 e. The number of halogens is 1. The fourth-order valence-corrected chi connectivity index (χ4v) is 2.97. The van der Waals surface area contributed by atoms with E-state index in [-0.39, 0.29) is 23.5 Å². The van der Waals surface area contributed by atoms with Crippen LogP contribution in [0.4, 0.5) is 0 Å². The number of esters is 2. The Morgan fingerprint density at radius 3 is 2.23 bits per heavy atom. The molecule has 3 aromatic rings. The quantitative estimate of drug-likeness (QED) is 0.264. The summed E-state index contributed by atoms with van der Waals surface area (Å²) in [5.41, 5.74) is 0.367. The largest absolute Gasteiger partial charge is 0.490 e. The van der Waals surface area contributed by atoms with Crippen molar-refractivity contribution in [2.75, 3.05) is 20.3 Å². The lowest BCUT2D eigenvalue weighted by Gasteiger charge is -2.13. The fraction of sp³-hybridized carbons (Fsp3) is 0.130. The summed E-state index contributed by atoms with van der Waals surface area (Å²) >= 11 is 3.29. The molecule has 0 spiro atoms. The molecule has 7 heteroatoms. The Hall–Kier alpha value is -3.32. The van der Waals surface area contributed by atoms with Crippen LogP contribution < -0.4 is 14.2 Å². The van der Waals surface area contributed by atoms with Crippen LogP contribution in [0.1, 0.15) is 20.7 Å². The average Bonchev–Trinajstić information content (AvgIpc) is 2.78. The van der Waals surface area contributed by atoms with Crippen LogP contribution in [-0.4, -0.2) is 32.3 Å². The Morgan fingerprint density at radius 2 is 1.47 bits per heavy atom. The predicted molar refractivity (Wildman–Crippen MR) is 114 cm³/mol. The summed E-state index contributed by atoms with van der Waals surface area (Å²) in [6.07, 6.45) is 0. The fourth-order valence-electron chi connectivity index (χ4n) is 2.60. The van der Waals surface area contributed by atoms with Crippen LogP contribution in [-0.2, 0) is 4.74 Å². The highest BCUT2D eigenvalue weighted by molar-refractivity contribution is 9.10. The molecule has 0 radical (unpaired) electrons. The zero-order valence-electron chi connectivity index (χ0n) is 16.2. The van der Waals surface area contributed by atoms with Crippen molar-refractivity contribution in [3.8, 4) is 17.2 Å². The molecule has 0 heterocycles. The second-order valence-electron chi connectivity index (χ2n) is 6.03. The lowest BCUT2D eigenvalue weighted by molar-refractivity contribution is 0.0592. The monoisotopic (exact) mass is 470 g/mol. The first-order valence-electron chi connectivity index (χ1n) is 9.08. The van der Waals surface area contributed by atoms with E-state index in [0.29, 0.717) is 16.8 Å². The van der Waals surface area contributed by atoms with Crippen LogP contribution in [0.3, 0.4) is 0 Å². The Bertz CT molecular complexity index is 1020. The first-order valence-corrected chi connectivity index (χ1v) is 9.87. The number of rotatable bonds is 8. The van der Waals surface area contributed by atoms with Gasteiger partial charge in [0.15, 0.2) is 0 Å². The van der Waals surface area contributed by atoms with Crippen LogP contribution in [0.5, 0.6) is 17.2 Å². The summed E-state index contributed by atoms with van der Waals surface area (Å²) in [5.74, 6) is -0.0729. The Labute approximate surface area is 182 Å². The zero-order valence-corrected chi connectivity index (χ0v) is 17.8. The lowest BCUT2D eigenvalue weighted by atomic mass is 10.2. The van der Waals surface area contributed by atoms with Gasteiger partial charge >= 0.3 is 11.9 Å². The van der Waals surface area contributed by atoms with Gasteiger partial charge in [0, 0.05) is 4.47 Å². The number of benzene rings is 3. The third-order valence-corrected chi connectivity index (χ3v) is 4.50. The normalized spacial score (nSPS) is 10.2. The van der Waals surface area contributed by atoms with Gasteiger partial charge in [-0.25, -0.2) is 9.59 Å². The minimum atomic E-state index is -0.651. The van der Waals surface area contributed by atoms with E-state index in [2.05, 4.69) is 15.9 Å². The molecule has 0 aromatic heterocycles. The van der Waals surface area contributed by atoms with Crippen molar-refractivity contribution < 1.29 is 28.5 Å². The first kappa shape index (κ1) is 21.4. The summed E-state index contributed by atoms with van der Waals surface area (Å²) in [6.45, 7) is 0.553. The number of hydrogen-bond donors (Lipinski definition) is 0. The van der Waals surface area contributed by atoms with Crippen molar-refractivity contribution >= 4 is 27.9 Å². The molecule has 154 valence electrons. The van der Waals surface area contributed by atoms with Gasteiger partial charge in [-0.2, -0.15) is 0 Å². The molecule has 0 saturated heterocycles. The van der Waals surface area contributed by atoms with Crippen molar-refractivity contribution in [3.05, 3.63) is 88.4 Å². The van der Waals surface area contributed by atoms with Gasteiger partial charge in [-0.3, -0.25) is 0 Å². The van der Waals surface area contributed by atoms with Gasteiger partial charge in [-0.1, -0.05) is 46.3 Å². The highest BCUT2D eigenvalue weighted by Gasteiger charge is 2.20. The third kappa shape index (κ3) is 5.61. The van der Waals surface area contributed by atoms with Crippen molar-refractivity contribution in [1.82, 2.24) is 0 Å². The van der Waals surface area contributed by atoms with Crippen LogP contribution in [0.25, 0.3) is 0 Å². The minimum Gasteiger partial charge on any atom is -0.490 e. The molecule has 0 atom stereocenters. The molecule has 6 nitrogen and oxygen atoms in total. The van der Waals surface area contributed by atoms with E-state index in [9.17, 15) is 9.59 Å². The number of para-hydroxylation sites is 2. The number of methoxy groups -OCH3 is 1. The zero-order chi connectivity index (χ0) is 21.3. The van der Waals surface area contributed by atoms with Gasteiger partial charge in [0.2, 0.25) is 0 Å². The SMILES string of the molecule is COC(=O)c1cc(Br)ccc1OC(=O)c1ccccc1OCCOc1ccccc1. The van der Waals surface area contributed by atoms with E-state index in [1.807, 2.05) is 30.3 Å². The minimum absolute atomic E-state index is 0.0947. The van der Waals surface area contributed by atoms with E-state index >= 15 is 0 Å². The molecule has 0 saturated carbocycles. The maximum atomic E-state index is 12.7. The molecule has 0 unspecified atom stereocenters. The number of ether oxygens (including phenoxy) is 4. The number of carbonyl (C=O) groups is 2. The maximum absolute atomic E-state index is 12.7. The molecule has 0 bridgehead atoms. The molecular weight excluding hydrogens is 452 g/mol. The molecule has 3 aromatic carbocycles. The van der Waals surface area contributed by atoms with E-state index in [4.69, 9.17) is 18.9 Å². The second kappa shape index (κ2) is 10.5. The highest BCUT2D eigenvalue weighted by Crippen LogP contribution is 2.26. The predicted octanol–water partition coefficient (Wildman–Crippen LogP) is 4.91. The molecule has 0 N–H and O–H groups in total. The summed E-state index contributed by atoms with van der Waals surface area (Å²) in [7, 11) is 1.26. The lowest BCUT2D eigenvalue weighted by Crippen LogP contribution is -2.15. The topological polar surface area (TPSA) is 71.1 Å². The molecular formula is C23H19BrO6. The second-order valence-corrected chi connectivity index (χ2v) is 6.94. The number of hydrogen-bond acceptors (Lipinski definition) is 6. The molecule has 3 rings (SSSR count). The van der Waals surface area contributed by atoms with Gasteiger partial charge in [-0.05, 0) is 42.5 Å². The summed E-state index contributed by atoms with van der Waals surface area (Å²) < 4.78 is 22.2. The van der Waals surface area contributed by atoms with Crippen molar-refractivity contribution in [3.63, 3.8) is 0 Å². The van der Waals surface area contributed by atoms with Gasteiger partial charge < -0.3 is 18.9 Å². The van der Waals surface area contributed by atoms with Gasteiger partial charge in [0.05, 0.1) is 7.11 Å².